The van der Waals surface area contributed by atoms with Crippen molar-refractivity contribution in [2.45, 2.75) is 6.04 Å². The van der Waals surface area contributed by atoms with Crippen LogP contribution in [0.3, 0.4) is 0 Å². The summed E-state index contributed by atoms with van der Waals surface area (Å²) in [6.07, 6.45) is 1.53. The Bertz CT molecular complexity index is 254. The fraction of sp³-hybridized carbons (Fsp3) is 0.714. The fourth-order valence-electron chi connectivity index (χ4n) is 1.35. The molecule has 1 aliphatic heterocycles. The molecule has 1 unspecified atom stereocenters. The van der Waals surface area contributed by atoms with Crippen LogP contribution in [0.25, 0.3) is 0 Å². The quantitative estimate of drug-likeness (QED) is 0.714. The van der Waals surface area contributed by atoms with Crippen LogP contribution in [0.15, 0.2) is 6.33 Å². The zero-order chi connectivity index (χ0) is 9.10. The standard InChI is InChI=1S/C7H11N3O2S/c11-3-6-4-12-2-1-10(6)7-8-5-9-13-7/h5-6,11H,1-4H2. The van der Waals surface area contributed by atoms with Gasteiger partial charge in [0, 0.05) is 18.1 Å². The summed E-state index contributed by atoms with van der Waals surface area (Å²) < 4.78 is 9.19. The van der Waals surface area contributed by atoms with Gasteiger partial charge in [0.15, 0.2) is 0 Å². The molecule has 0 saturated carbocycles. The van der Waals surface area contributed by atoms with Crippen LogP contribution < -0.4 is 4.90 Å². The van der Waals surface area contributed by atoms with E-state index in [4.69, 9.17) is 9.84 Å². The summed E-state index contributed by atoms with van der Waals surface area (Å²) in [5, 5.41) is 9.96. The lowest BCUT2D eigenvalue weighted by Crippen LogP contribution is -2.47. The number of aromatic nitrogens is 2. The van der Waals surface area contributed by atoms with Crippen molar-refractivity contribution in [3.63, 3.8) is 0 Å². The van der Waals surface area contributed by atoms with Crippen molar-refractivity contribution in [3.05, 3.63) is 6.33 Å². The summed E-state index contributed by atoms with van der Waals surface area (Å²) in [7, 11) is 0. The molecule has 5 nitrogen and oxygen atoms in total. The second kappa shape index (κ2) is 3.99. The molecular weight excluding hydrogens is 190 g/mol. The number of hydrogen-bond donors (Lipinski definition) is 1. The van der Waals surface area contributed by atoms with Crippen LogP contribution in [0, 0.1) is 0 Å². The predicted molar refractivity (Wildman–Crippen MR) is 48.9 cm³/mol. The highest BCUT2D eigenvalue weighted by atomic mass is 32.1. The summed E-state index contributed by atoms with van der Waals surface area (Å²) in [4.78, 5) is 6.15. The Balaban J connectivity index is 2.11. The van der Waals surface area contributed by atoms with Crippen LogP contribution in [0.5, 0.6) is 0 Å². The van der Waals surface area contributed by atoms with Gasteiger partial charge >= 0.3 is 0 Å². The van der Waals surface area contributed by atoms with E-state index in [1.807, 2.05) is 4.90 Å². The van der Waals surface area contributed by atoms with Crippen LogP contribution in [0.2, 0.25) is 0 Å². The molecule has 0 aromatic carbocycles. The summed E-state index contributed by atoms with van der Waals surface area (Å²) in [5.74, 6) is 0. The van der Waals surface area contributed by atoms with E-state index in [1.54, 1.807) is 0 Å². The zero-order valence-corrected chi connectivity index (χ0v) is 7.90. The second-order valence-electron chi connectivity index (χ2n) is 2.83. The van der Waals surface area contributed by atoms with Gasteiger partial charge in [-0.1, -0.05) is 0 Å². The Morgan fingerprint density at radius 2 is 2.69 bits per heavy atom. The maximum atomic E-state index is 9.10. The van der Waals surface area contributed by atoms with Crippen molar-refractivity contribution in [1.82, 2.24) is 9.36 Å². The SMILES string of the molecule is OCC1COCCN1c1ncns1. The molecule has 1 N–H and O–H groups in total. The number of ether oxygens (including phenoxy) is 1. The predicted octanol–water partition coefficient (Wildman–Crippen LogP) is -0.264. The van der Waals surface area contributed by atoms with Gasteiger partial charge in [0.2, 0.25) is 5.13 Å². The molecule has 2 heterocycles. The molecule has 1 aromatic heterocycles. The third-order valence-corrected chi connectivity index (χ3v) is 2.74. The lowest BCUT2D eigenvalue weighted by atomic mass is 10.2. The highest BCUT2D eigenvalue weighted by Gasteiger charge is 2.24. The molecule has 1 fully saturated rings. The van der Waals surface area contributed by atoms with E-state index in [0.29, 0.717) is 13.2 Å². The minimum atomic E-state index is 0.0294. The normalized spacial score (nSPS) is 23.5. The molecule has 0 bridgehead atoms. The summed E-state index contributed by atoms with van der Waals surface area (Å²) in [6, 6.07) is 0.0294. The van der Waals surface area contributed by atoms with Crippen LogP contribution in [-0.2, 0) is 4.74 Å². The smallest absolute Gasteiger partial charge is 0.205 e. The molecule has 1 aromatic rings. The van der Waals surface area contributed by atoms with Gasteiger partial charge in [-0.15, -0.1) is 0 Å². The van der Waals surface area contributed by atoms with Crippen molar-refractivity contribution in [2.24, 2.45) is 0 Å². The lowest BCUT2D eigenvalue weighted by molar-refractivity contribution is 0.0727. The Kier molecular flexibility index (Phi) is 2.72. The first-order chi connectivity index (χ1) is 6.42. The van der Waals surface area contributed by atoms with E-state index < -0.39 is 0 Å². The number of rotatable bonds is 2. The third kappa shape index (κ3) is 1.79. The van der Waals surface area contributed by atoms with E-state index in [0.717, 1.165) is 11.7 Å². The Morgan fingerprint density at radius 1 is 1.77 bits per heavy atom. The van der Waals surface area contributed by atoms with E-state index in [2.05, 4.69) is 9.36 Å². The molecule has 0 radical (unpaired) electrons. The van der Waals surface area contributed by atoms with Crippen molar-refractivity contribution in [2.75, 3.05) is 31.3 Å². The van der Waals surface area contributed by atoms with Crippen molar-refractivity contribution >= 4 is 16.7 Å². The second-order valence-corrected chi connectivity index (χ2v) is 3.59. The largest absolute Gasteiger partial charge is 0.394 e. The topological polar surface area (TPSA) is 58.5 Å². The van der Waals surface area contributed by atoms with Gasteiger partial charge in [-0.3, -0.25) is 0 Å². The van der Waals surface area contributed by atoms with Crippen molar-refractivity contribution < 1.29 is 9.84 Å². The average molecular weight is 201 g/mol. The summed E-state index contributed by atoms with van der Waals surface area (Å²) >= 11 is 1.35. The average Bonchev–Trinajstić information content (AvgIpc) is 2.70. The molecule has 0 amide bonds. The van der Waals surface area contributed by atoms with Crippen LogP contribution in [-0.4, -0.2) is 46.9 Å². The Hall–Kier alpha value is -0.720. The molecular formula is C7H11N3O2S. The molecule has 13 heavy (non-hydrogen) atoms. The molecule has 0 aliphatic carbocycles. The molecule has 0 spiro atoms. The van der Waals surface area contributed by atoms with Gasteiger partial charge in [0.05, 0.1) is 25.9 Å². The van der Waals surface area contributed by atoms with E-state index >= 15 is 0 Å². The van der Waals surface area contributed by atoms with E-state index in [-0.39, 0.29) is 12.6 Å². The molecule has 72 valence electrons. The maximum Gasteiger partial charge on any atom is 0.205 e. The lowest BCUT2D eigenvalue weighted by Gasteiger charge is -2.33. The highest BCUT2D eigenvalue weighted by molar-refractivity contribution is 7.09. The number of morpholine rings is 1. The molecule has 1 saturated heterocycles. The minimum Gasteiger partial charge on any atom is -0.394 e. The van der Waals surface area contributed by atoms with Crippen LogP contribution in [0.4, 0.5) is 5.13 Å². The fourth-order valence-corrected chi connectivity index (χ4v) is 1.98. The first kappa shape index (κ1) is 8.86. The monoisotopic (exact) mass is 201 g/mol. The molecule has 1 aliphatic rings. The van der Waals surface area contributed by atoms with Crippen molar-refractivity contribution in [3.8, 4) is 0 Å². The van der Waals surface area contributed by atoms with Gasteiger partial charge in [-0.05, 0) is 0 Å². The number of hydrogen-bond acceptors (Lipinski definition) is 6. The molecule has 1 atom stereocenters. The van der Waals surface area contributed by atoms with Gasteiger partial charge in [0.1, 0.15) is 6.33 Å². The van der Waals surface area contributed by atoms with Crippen LogP contribution in [0.1, 0.15) is 0 Å². The van der Waals surface area contributed by atoms with Gasteiger partial charge < -0.3 is 14.7 Å². The van der Waals surface area contributed by atoms with Gasteiger partial charge in [-0.25, -0.2) is 4.98 Å². The van der Waals surface area contributed by atoms with E-state index in [1.165, 1.54) is 17.9 Å². The van der Waals surface area contributed by atoms with Crippen LogP contribution >= 0.6 is 11.5 Å². The van der Waals surface area contributed by atoms with Gasteiger partial charge in [0.25, 0.3) is 0 Å². The molecule has 6 heteroatoms. The number of nitrogens with zero attached hydrogens (tertiary/aromatic N) is 3. The minimum absolute atomic E-state index is 0.0294. The Morgan fingerprint density at radius 3 is 3.38 bits per heavy atom. The third-order valence-electron chi connectivity index (χ3n) is 2.03. The first-order valence-electron chi connectivity index (χ1n) is 4.13. The molecule has 2 rings (SSSR count). The Labute approximate surface area is 80.1 Å². The van der Waals surface area contributed by atoms with Gasteiger partial charge in [-0.2, -0.15) is 4.37 Å². The van der Waals surface area contributed by atoms with E-state index in [9.17, 15) is 0 Å². The number of aliphatic hydroxyl groups is 1. The maximum absolute atomic E-state index is 9.10. The number of aliphatic hydroxyl groups excluding tert-OH is 1. The highest BCUT2D eigenvalue weighted by Crippen LogP contribution is 2.19. The summed E-state index contributed by atoms with van der Waals surface area (Å²) in [5.41, 5.74) is 0. The summed E-state index contributed by atoms with van der Waals surface area (Å²) in [6.45, 7) is 2.13. The first-order valence-corrected chi connectivity index (χ1v) is 4.91. The number of anilines is 1. The zero-order valence-electron chi connectivity index (χ0n) is 7.09. The van der Waals surface area contributed by atoms with Crippen molar-refractivity contribution in [1.29, 1.82) is 0 Å².